The van der Waals surface area contributed by atoms with E-state index in [-0.39, 0.29) is 0 Å². The molecule has 0 aliphatic heterocycles. The number of nitrogens with one attached hydrogen (secondary N) is 2. The predicted octanol–water partition coefficient (Wildman–Crippen LogP) is 3.81. The van der Waals surface area contributed by atoms with E-state index in [0.717, 1.165) is 18.9 Å². The van der Waals surface area contributed by atoms with Gasteiger partial charge in [-0.05, 0) is 42.7 Å². The molecule has 0 bridgehead atoms. The molecule has 0 heterocycles. The second kappa shape index (κ2) is 8.00. The van der Waals surface area contributed by atoms with E-state index in [4.69, 9.17) is 0 Å². The Labute approximate surface area is 158 Å². The Morgan fingerprint density at radius 1 is 0.893 bits per heavy atom. The summed E-state index contributed by atoms with van der Waals surface area (Å²) >= 11 is 0. The van der Waals surface area contributed by atoms with Gasteiger partial charge in [0.1, 0.15) is 5.82 Å². The highest BCUT2D eigenvalue weighted by atomic mass is 19.2. The van der Waals surface area contributed by atoms with Crippen molar-refractivity contribution in [1.82, 2.24) is 5.32 Å². The lowest BCUT2D eigenvalue weighted by Gasteiger charge is -2.28. The summed E-state index contributed by atoms with van der Waals surface area (Å²) in [7, 11) is 0. The number of halogens is 4. The van der Waals surface area contributed by atoms with Crippen molar-refractivity contribution >= 4 is 17.5 Å². The summed E-state index contributed by atoms with van der Waals surface area (Å²) in [6, 6.07) is 7.25. The summed E-state index contributed by atoms with van der Waals surface area (Å²) in [4.78, 5) is 24.8. The van der Waals surface area contributed by atoms with Crippen LogP contribution in [-0.4, -0.2) is 18.4 Å². The standard InChI is InChI=1S/C20H18F4N2O2/c21-13-5-3-12(4-6-13)20(9-1-2-10-20)19(28)25-11-16(27)26-15-8-7-14(22)17(23)18(15)24/h3-8H,1-2,9-11H2,(H,25,28)(H,26,27). The Morgan fingerprint density at radius 3 is 2.18 bits per heavy atom. The molecule has 3 rings (SSSR count). The highest BCUT2D eigenvalue weighted by molar-refractivity contribution is 5.96. The third kappa shape index (κ3) is 3.85. The van der Waals surface area contributed by atoms with Gasteiger partial charge < -0.3 is 10.6 Å². The maximum atomic E-state index is 13.6. The van der Waals surface area contributed by atoms with E-state index in [1.807, 2.05) is 0 Å². The second-order valence-corrected chi connectivity index (χ2v) is 6.75. The van der Waals surface area contributed by atoms with Gasteiger partial charge in [-0.25, -0.2) is 17.6 Å². The van der Waals surface area contributed by atoms with Crippen molar-refractivity contribution in [2.45, 2.75) is 31.1 Å². The molecule has 2 aromatic carbocycles. The number of amides is 2. The maximum Gasteiger partial charge on any atom is 0.243 e. The highest BCUT2D eigenvalue weighted by Gasteiger charge is 2.42. The molecular weight excluding hydrogens is 376 g/mol. The Balaban J connectivity index is 1.67. The Bertz CT molecular complexity index is 894. The monoisotopic (exact) mass is 394 g/mol. The number of anilines is 1. The number of hydrogen-bond acceptors (Lipinski definition) is 2. The number of carbonyl (C=O) groups excluding carboxylic acids is 2. The van der Waals surface area contributed by atoms with Gasteiger partial charge in [-0.1, -0.05) is 25.0 Å². The van der Waals surface area contributed by atoms with Gasteiger partial charge in [-0.15, -0.1) is 0 Å². The predicted molar refractivity (Wildman–Crippen MR) is 94.5 cm³/mol. The zero-order chi connectivity index (χ0) is 20.3. The first-order valence-electron chi connectivity index (χ1n) is 8.81. The lowest BCUT2D eigenvalue weighted by molar-refractivity contribution is -0.128. The summed E-state index contributed by atoms with van der Waals surface area (Å²) in [6.07, 6.45) is 2.75. The van der Waals surface area contributed by atoms with Gasteiger partial charge in [0.25, 0.3) is 0 Å². The first kappa shape index (κ1) is 19.9. The van der Waals surface area contributed by atoms with E-state index in [1.54, 1.807) is 12.1 Å². The third-order valence-electron chi connectivity index (χ3n) is 5.01. The maximum absolute atomic E-state index is 13.6. The van der Waals surface area contributed by atoms with E-state index in [1.165, 1.54) is 12.1 Å². The lowest BCUT2D eigenvalue weighted by atomic mass is 9.78. The van der Waals surface area contributed by atoms with Gasteiger partial charge in [-0.2, -0.15) is 0 Å². The average molecular weight is 394 g/mol. The topological polar surface area (TPSA) is 58.2 Å². The molecule has 1 aliphatic carbocycles. The summed E-state index contributed by atoms with van der Waals surface area (Å²) in [5, 5.41) is 4.61. The van der Waals surface area contributed by atoms with Crippen molar-refractivity contribution in [3.63, 3.8) is 0 Å². The molecule has 0 aromatic heterocycles. The van der Waals surface area contributed by atoms with Crippen LogP contribution in [0.3, 0.4) is 0 Å². The smallest absolute Gasteiger partial charge is 0.243 e. The van der Waals surface area contributed by atoms with E-state index in [2.05, 4.69) is 10.6 Å². The van der Waals surface area contributed by atoms with Crippen molar-refractivity contribution in [2.75, 3.05) is 11.9 Å². The minimum absolute atomic E-state index is 0.391. The fourth-order valence-corrected chi connectivity index (χ4v) is 3.54. The van der Waals surface area contributed by atoms with Crippen molar-refractivity contribution < 1.29 is 27.2 Å². The van der Waals surface area contributed by atoms with Crippen LogP contribution in [0.15, 0.2) is 36.4 Å². The van der Waals surface area contributed by atoms with Crippen LogP contribution >= 0.6 is 0 Å². The molecule has 4 nitrogen and oxygen atoms in total. The fourth-order valence-electron chi connectivity index (χ4n) is 3.54. The molecule has 2 amide bonds. The first-order valence-corrected chi connectivity index (χ1v) is 8.81. The van der Waals surface area contributed by atoms with Crippen molar-refractivity contribution in [3.05, 3.63) is 65.2 Å². The first-order chi connectivity index (χ1) is 13.3. The van der Waals surface area contributed by atoms with E-state index in [9.17, 15) is 27.2 Å². The number of carbonyl (C=O) groups is 2. The van der Waals surface area contributed by atoms with Crippen LogP contribution < -0.4 is 10.6 Å². The molecule has 2 N–H and O–H groups in total. The van der Waals surface area contributed by atoms with Crippen LogP contribution in [0.5, 0.6) is 0 Å². The average Bonchev–Trinajstić information content (AvgIpc) is 3.18. The molecule has 0 spiro atoms. The molecule has 28 heavy (non-hydrogen) atoms. The molecule has 0 atom stereocenters. The zero-order valence-electron chi connectivity index (χ0n) is 14.8. The van der Waals surface area contributed by atoms with Crippen LogP contribution in [0.4, 0.5) is 23.2 Å². The van der Waals surface area contributed by atoms with Crippen molar-refractivity contribution in [2.24, 2.45) is 0 Å². The van der Waals surface area contributed by atoms with Crippen molar-refractivity contribution in [1.29, 1.82) is 0 Å². The second-order valence-electron chi connectivity index (χ2n) is 6.75. The Hall–Kier alpha value is -2.90. The summed E-state index contributed by atoms with van der Waals surface area (Å²) in [6.45, 7) is -0.472. The van der Waals surface area contributed by atoms with Gasteiger partial charge >= 0.3 is 0 Å². The molecule has 2 aromatic rings. The number of hydrogen-bond donors (Lipinski definition) is 2. The molecule has 1 saturated carbocycles. The van der Waals surface area contributed by atoms with Gasteiger partial charge in [-0.3, -0.25) is 9.59 Å². The molecular formula is C20H18F4N2O2. The van der Waals surface area contributed by atoms with E-state index in [0.29, 0.717) is 24.5 Å². The lowest BCUT2D eigenvalue weighted by Crippen LogP contribution is -2.45. The summed E-state index contributed by atoms with van der Waals surface area (Å²) in [5.74, 6) is -6.17. The van der Waals surface area contributed by atoms with E-state index >= 15 is 0 Å². The summed E-state index contributed by atoms with van der Waals surface area (Å²) in [5.41, 5.74) is -0.718. The zero-order valence-corrected chi connectivity index (χ0v) is 14.8. The molecule has 1 aliphatic rings. The molecule has 0 radical (unpaired) electrons. The minimum atomic E-state index is -1.69. The van der Waals surface area contributed by atoms with Crippen LogP contribution in [0.2, 0.25) is 0 Å². The van der Waals surface area contributed by atoms with Crippen molar-refractivity contribution in [3.8, 4) is 0 Å². The number of rotatable bonds is 5. The van der Waals surface area contributed by atoms with Crippen LogP contribution in [0, 0.1) is 23.3 Å². The minimum Gasteiger partial charge on any atom is -0.346 e. The molecule has 1 fully saturated rings. The van der Waals surface area contributed by atoms with Crippen LogP contribution in [-0.2, 0) is 15.0 Å². The fraction of sp³-hybridized carbons (Fsp3) is 0.300. The van der Waals surface area contributed by atoms with Crippen LogP contribution in [0.1, 0.15) is 31.2 Å². The highest BCUT2D eigenvalue weighted by Crippen LogP contribution is 2.41. The molecule has 8 heteroatoms. The quantitative estimate of drug-likeness (QED) is 0.599. The van der Waals surface area contributed by atoms with Gasteiger partial charge in [0.2, 0.25) is 11.8 Å². The van der Waals surface area contributed by atoms with Gasteiger partial charge in [0, 0.05) is 0 Å². The van der Waals surface area contributed by atoms with Gasteiger partial charge in [0.05, 0.1) is 17.6 Å². The largest absolute Gasteiger partial charge is 0.346 e. The normalized spacial score (nSPS) is 15.3. The number of benzene rings is 2. The Kier molecular flexibility index (Phi) is 5.67. The van der Waals surface area contributed by atoms with E-state index < -0.39 is 52.7 Å². The summed E-state index contributed by atoms with van der Waals surface area (Å²) < 4.78 is 53.0. The molecule has 0 unspecified atom stereocenters. The third-order valence-corrected chi connectivity index (χ3v) is 5.01. The van der Waals surface area contributed by atoms with Gasteiger partial charge in [0.15, 0.2) is 17.5 Å². The molecule has 148 valence electrons. The molecule has 0 saturated heterocycles. The SMILES string of the molecule is O=C(CNC(=O)C1(c2ccc(F)cc2)CCCC1)Nc1ccc(F)c(F)c1F. The van der Waals surface area contributed by atoms with Crippen LogP contribution in [0.25, 0.3) is 0 Å². The Morgan fingerprint density at radius 2 is 1.54 bits per heavy atom.